The Balaban J connectivity index is 1.62. The molecule has 0 N–H and O–H groups in total. The summed E-state index contributed by atoms with van der Waals surface area (Å²) in [5.74, 6) is 0. The van der Waals surface area contributed by atoms with Crippen LogP contribution >= 0.6 is 11.8 Å². The van der Waals surface area contributed by atoms with Crippen molar-refractivity contribution in [3.63, 3.8) is 0 Å². The van der Waals surface area contributed by atoms with Crippen LogP contribution in [0.3, 0.4) is 0 Å². The lowest BCUT2D eigenvalue weighted by Crippen LogP contribution is -2.15. The van der Waals surface area contributed by atoms with Crippen LogP contribution in [0, 0.1) is 6.92 Å². The van der Waals surface area contributed by atoms with Gasteiger partial charge in [0.25, 0.3) is 0 Å². The minimum atomic E-state index is 1.16. The maximum absolute atomic E-state index is 2.32. The average Bonchev–Trinajstić information content (AvgIpc) is 2.76. The van der Waals surface area contributed by atoms with E-state index in [0.29, 0.717) is 0 Å². The number of hydrogen-bond donors (Lipinski definition) is 0. The van der Waals surface area contributed by atoms with E-state index < -0.39 is 0 Å². The quantitative estimate of drug-likeness (QED) is 0.351. The minimum absolute atomic E-state index is 1.16. The van der Waals surface area contributed by atoms with Gasteiger partial charge in [-0.05, 0) is 61.5 Å². The minimum Gasteiger partial charge on any atom is -0.343 e. The Morgan fingerprint density at radius 2 is 1.24 bits per heavy atom. The van der Waals surface area contributed by atoms with Crippen LogP contribution in [0.4, 0.5) is 28.4 Å². The number of rotatable bonds is 3. The summed E-state index contributed by atoms with van der Waals surface area (Å²) in [6, 6.07) is 34.6. The molecular formula is C26H22N2S. The largest absolute Gasteiger partial charge is 0.343 e. The Kier molecular flexibility index (Phi) is 4.53. The summed E-state index contributed by atoms with van der Waals surface area (Å²) in [5.41, 5.74) is 7.26. The first kappa shape index (κ1) is 17.9. The highest BCUT2D eigenvalue weighted by Gasteiger charge is 2.22. The van der Waals surface area contributed by atoms with E-state index in [1.165, 1.54) is 32.4 Å². The molecule has 4 aromatic carbocycles. The number of anilines is 5. The topological polar surface area (TPSA) is 6.48 Å². The van der Waals surface area contributed by atoms with Crippen LogP contribution in [0.25, 0.3) is 0 Å². The summed E-state index contributed by atoms with van der Waals surface area (Å²) in [7, 11) is 2.14. The van der Waals surface area contributed by atoms with Crippen molar-refractivity contribution < 1.29 is 0 Å². The van der Waals surface area contributed by atoms with E-state index in [1.807, 2.05) is 11.8 Å². The highest BCUT2D eigenvalue weighted by atomic mass is 32.2. The SMILES string of the molecule is Cc1ccc(N(c2ccccc2)c2ccc3c(c2)Sc2ccccc2N3C)cc1. The maximum Gasteiger partial charge on any atom is 0.0551 e. The highest BCUT2D eigenvalue weighted by molar-refractivity contribution is 7.99. The molecule has 0 bridgehead atoms. The summed E-state index contributed by atoms with van der Waals surface area (Å²) in [6.07, 6.45) is 0. The van der Waals surface area contributed by atoms with E-state index in [0.717, 1.165) is 11.4 Å². The zero-order valence-electron chi connectivity index (χ0n) is 16.5. The molecule has 0 amide bonds. The number of hydrogen-bond acceptors (Lipinski definition) is 3. The molecule has 0 spiro atoms. The molecule has 0 aliphatic carbocycles. The van der Waals surface area contributed by atoms with Crippen LogP contribution in [-0.4, -0.2) is 7.05 Å². The second-order valence-electron chi connectivity index (χ2n) is 7.29. The maximum atomic E-state index is 2.32. The lowest BCUT2D eigenvalue weighted by Gasteiger charge is -2.31. The zero-order valence-corrected chi connectivity index (χ0v) is 17.4. The van der Waals surface area contributed by atoms with Gasteiger partial charge in [-0.1, -0.05) is 59.8 Å². The van der Waals surface area contributed by atoms with Gasteiger partial charge in [-0.15, -0.1) is 0 Å². The number of fused-ring (bicyclic) bond motifs is 2. The van der Waals surface area contributed by atoms with Crippen molar-refractivity contribution in [2.24, 2.45) is 0 Å². The molecule has 1 heterocycles. The molecule has 5 rings (SSSR count). The van der Waals surface area contributed by atoms with E-state index >= 15 is 0 Å². The lowest BCUT2D eigenvalue weighted by atomic mass is 10.1. The second-order valence-corrected chi connectivity index (χ2v) is 8.37. The predicted molar refractivity (Wildman–Crippen MR) is 124 cm³/mol. The molecule has 0 saturated carbocycles. The summed E-state index contributed by atoms with van der Waals surface area (Å²) in [4.78, 5) is 7.17. The molecule has 2 nitrogen and oxygen atoms in total. The van der Waals surface area contributed by atoms with Crippen LogP contribution in [0.2, 0.25) is 0 Å². The Morgan fingerprint density at radius 1 is 0.621 bits per heavy atom. The number of benzene rings is 4. The van der Waals surface area contributed by atoms with Crippen LogP contribution < -0.4 is 9.80 Å². The van der Waals surface area contributed by atoms with Crippen LogP contribution in [0.15, 0.2) is 107 Å². The van der Waals surface area contributed by atoms with Crippen molar-refractivity contribution in [2.75, 3.05) is 16.8 Å². The van der Waals surface area contributed by atoms with E-state index in [9.17, 15) is 0 Å². The Labute approximate surface area is 176 Å². The van der Waals surface area contributed by atoms with E-state index in [-0.39, 0.29) is 0 Å². The normalized spacial score (nSPS) is 12.3. The molecule has 4 aromatic rings. The van der Waals surface area contributed by atoms with E-state index in [1.54, 1.807) is 0 Å². The van der Waals surface area contributed by atoms with Crippen molar-refractivity contribution in [3.8, 4) is 0 Å². The third-order valence-electron chi connectivity index (χ3n) is 5.32. The van der Waals surface area contributed by atoms with Gasteiger partial charge in [0, 0.05) is 33.9 Å². The Bertz CT molecular complexity index is 1150. The zero-order chi connectivity index (χ0) is 19.8. The van der Waals surface area contributed by atoms with Crippen molar-refractivity contribution in [1.29, 1.82) is 0 Å². The third-order valence-corrected chi connectivity index (χ3v) is 6.43. The number of aryl methyl sites for hydroxylation is 1. The molecule has 29 heavy (non-hydrogen) atoms. The standard InChI is InChI=1S/C26H22N2S/c1-19-12-14-21(15-13-19)28(20-8-4-3-5-9-20)22-16-17-24-26(18-22)29-25-11-7-6-10-23(25)27(24)2/h3-18H,1-2H3. The van der Waals surface area contributed by atoms with Crippen molar-refractivity contribution in [2.45, 2.75) is 16.7 Å². The molecular weight excluding hydrogens is 372 g/mol. The number of para-hydroxylation sites is 2. The smallest absolute Gasteiger partial charge is 0.0551 e. The van der Waals surface area contributed by atoms with Gasteiger partial charge in [0.05, 0.1) is 11.4 Å². The van der Waals surface area contributed by atoms with E-state index in [4.69, 9.17) is 0 Å². The monoisotopic (exact) mass is 394 g/mol. The lowest BCUT2D eigenvalue weighted by molar-refractivity contribution is 1.11. The van der Waals surface area contributed by atoms with Crippen molar-refractivity contribution in [3.05, 3.63) is 103 Å². The summed E-state index contributed by atoms with van der Waals surface area (Å²) in [5, 5.41) is 0. The van der Waals surface area contributed by atoms with E-state index in [2.05, 4.69) is 121 Å². The molecule has 3 heteroatoms. The molecule has 0 radical (unpaired) electrons. The van der Waals surface area contributed by atoms with Gasteiger partial charge in [-0.3, -0.25) is 0 Å². The Morgan fingerprint density at radius 3 is 2.03 bits per heavy atom. The van der Waals surface area contributed by atoms with Crippen molar-refractivity contribution >= 4 is 40.2 Å². The average molecular weight is 395 g/mol. The van der Waals surface area contributed by atoms with Gasteiger partial charge >= 0.3 is 0 Å². The van der Waals surface area contributed by atoms with Crippen molar-refractivity contribution in [1.82, 2.24) is 0 Å². The molecule has 0 saturated heterocycles. The fraction of sp³-hybridized carbons (Fsp3) is 0.0769. The van der Waals surface area contributed by atoms with Crippen LogP contribution in [0.5, 0.6) is 0 Å². The Hall–Kier alpha value is -3.17. The second kappa shape index (κ2) is 7.34. The molecule has 0 aromatic heterocycles. The highest BCUT2D eigenvalue weighted by Crippen LogP contribution is 2.49. The number of nitrogens with zero attached hydrogens (tertiary/aromatic N) is 2. The van der Waals surface area contributed by atoms with Gasteiger partial charge in [0.2, 0.25) is 0 Å². The fourth-order valence-electron chi connectivity index (χ4n) is 3.79. The van der Waals surface area contributed by atoms with Gasteiger partial charge in [-0.25, -0.2) is 0 Å². The van der Waals surface area contributed by atoms with Gasteiger partial charge in [-0.2, -0.15) is 0 Å². The fourth-order valence-corrected chi connectivity index (χ4v) is 4.97. The summed E-state index contributed by atoms with van der Waals surface area (Å²) in [6.45, 7) is 2.12. The molecule has 142 valence electrons. The molecule has 0 atom stereocenters. The predicted octanol–water partition coefficient (Wildman–Crippen LogP) is 7.70. The first-order valence-corrected chi connectivity index (χ1v) is 10.6. The third kappa shape index (κ3) is 3.28. The van der Waals surface area contributed by atoms with Crippen LogP contribution in [-0.2, 0) is 0 Å². The molecule has 1 aliphatic heterocycles. The first-order chi connectivity index (χ1) is 14.2. The molecule has 0 unspecified atom stereocenters. The summed E-state index contributed by atoms with van der Waals surface area (Å²) >= 11 is 1.84. The van der Waals surface area contributed by atoms with Gasteiger partial charge in [0.15, 0.2) is 0 Å². The first-order valence-electron chi connectivity index (χ1n) is 9.77. The van der Waals surface area contributed by atoms with Crippen LogP contribution in [0.1, 0.15) is 5.56 Å². The molecule has 0 fully saturated rings. The van der Waals surface area contributed by atoms with Gasteiger partial charge in [0.1, 0.15) is 0 Å². The van der Waals surface area contributed by atoms with Gasteiger partial charge < -0.3 is 9.80 Å². The molecule has 1 aliphatic rings. The summed E-state index contributed by atoms with van der Waals surface area (Å²) < 4.78 is 0.